The molecule has 0 aliphatic carbocycles. The Morgan fingerprint density at radius 2 is 1.89 bits per heavy atom. The molecule has 1 saturated heterocycles. The van der Waals surface area contributed by atoms with Crippen LogP contribution in [0.15, 0.2) is 0 Å². The maximum atomic E-state index is 12.5. The average Bonchev–Trinajstić information content (AvgIpc) is 3.37. The van der Waals surface area contributed by atoms with E-state index in [1.807, 2.05) is 13.8 Å². The van der Waals surface area contributed by atoms with Gasteiger partial charge in [-0.2, -0.15) is 0 Å². The van der Waals surface area contributed by atoms with E-state index in [0.717, 1.165) is 19.3 Å². The van der Waals surface area contributed by atoms with Crippen molar-refractivity contribution < 1.29 is 23.9 Å². The van der Waals surface area contributed by atoms with E-state index in [1.165, 1.54) is 0 Å². The number of nitrogens with one attached hydrogen (secondary N) is 2. The van der Waals surface area contributed by atoms with Gasteiger partial charge in [-0.25, -0.2) is 4.79 Å². The molecule has 154 valence electrons. The number of amides is 1. The number of ether oxygens (including phenoxy) is 2. The van der Waals surface area contributed by atoms with Crippen LogP contribution < -0.4 is 11.1 Å². The number of esters is 1. The molecule has 4 N–H and O–H groups in total. The topological polar surface area (TPSA) is 135 Å². The summed E-state index contributed by atoms with van der Waals surface area (Å²) >= 11 is 0. The summed E-state index contributed by atoms with van der Waals surface area (Å²) in [7, 11) is 0. The van der Waals surface area contributed by atoms with Crippen molar-refractivity contribution in [3.8, 4) is 0 Å². The molecular formula is C19H33N3O5. The summed E-state index contributed by atoms with van der Waals surface area (Å²) in [5.41, 5.74) is 5.30. The van der Waals surface area contributed by atoms with Crippen LogP contribution in [0.1, 0.15) is 59.3 Å². The minimum Gasteiger partial charge on any atom is -0.464 e. The van der Waals surface area contributed by atoms with E-state index in [2.05, 4.69) is 5.32 Å². The monoisotopic (exact) mass is 383 g/mol. The zero-order valence-corrected chi connectivity index (χ0v) is 16.6. The van der Waals surface area contributed by atoms with Crippen LogP contribution >= 0.6 is 0 Å². The zero-order chi connectivity index (χ0) is 20.4. The summed E-state index contributed by atoms with van der Waals surface area (Å²) < 4.78 is 9.99. The van der Waals surface area contributed by atoms with Crippen LogP contribution in [0.3, 0.4) is 0 Å². The summed E-state index contributed by atoms with van der Waals surface area (Å²) in [5.74, 6) is -0.872. The van der Waals surface area contributed by atoms with E-state index in [-0.39, 0.29) is 36.5 Å². The van der Waals surface area contributed by atoms with Crippen LogP contribution in [0.4, 0.5) is 0 Å². The fourth-order valence-corrected chi connectivity index (χ4v) is 2.95. The van der Waals surface area contributed by atoms with Gasteiger partial charge >= 0.3 is 5.97 Å². The molecule has 0 aromatic rings. The van der Waals surface area contributed by atoms with E-state index in [0.29, 0.717) is 19.4 Å². The Balaban J connectivity index is 2.41. The van der Waals surface area contributed by atoms with Crippen molar-refractivity contribution in [2.24, 2.45) is 17.6 Å². The third kappa shape index (κ3) is 8.99. The van der Waals surface area contributed by atoms with Crippen LogP contribution in [0.5, 0.6) is 0 Å². The number of carbonyl (C=O) groups excluding carboxylic acids is 3. The quantitative estimate of drug-likeness (QED) is 0.137. The number of carbonyl (C=O) groups is 3. The third-order valence-electron chi connectivity index (χ3n) is 4.32. The van der Waals surface area contributed by atoms with Gasteiger partial charge in [0, 0.05) is 25.3 Å². The maximum absolute atomic E-state index is 12.5. The fourth-order valence-electron chi connectivity index (χ4n) is 2.95. The molecule has 0 spiro atoms. The first-order valence-electron chi connectivity index (χ1n) is 9.71. The predicted octanol–water partition coefficient (Wildman–Crippen LogP) is 1.55. The van der Waals surface area contributed by atoms with Crippen molar-refractivity contribution in [2.45, 2.75) is 71.5 Å². The smallest absolute Gasteiger partial charge is 0.338 e. The van der Waals surface area contributed by atoms with Crippen molar-refractivity contribution in [3.05, 3.63) is 0 Å². The molecule has 0 bridgehead atoms. The Morgan fingerprint density at radius 3 is 2.48 bits per heavy atom. The number of rotatable bonds is 14. The largest absolute Gasteiger partial charge is 0.464 e. The lowest BCUT2D eigenvalue weighted by Crippen LogP contribution is -2.34. The number of hydrogen-bond donors (Lipinski definition) is 3. The highest BCUT2D eigenvalue weighted by atomic mass is 16.6. The first-order valence-corrected chi connectivity index (χ1v) is 9.71. The van der Waals surface area contributed by atoms with E-state index in [4.69, 9.17) is 20.6 Å². The number of epoxide rings is 1. The number of unbranched alkanes of at least 4 members (excludes halogenated alkanes) is 2. The molecule has 1 amide bonds. The van der Waals surface area contributed by atoms with Gasteiger partial charge in [0.1, 0.15) is 0 Å². The minimum absolute atomic E-state index is 0.0644. The Kier molecular flexibility index (Phi) is 9.99. The standard InChI is InChI=1S/C19H33N3O5/c1-4-26-19(25)17-16(27-17)14(23)11-13(10-12(2)3)18(24)22-9-7-5-6-8-15(20)21/h12-13,16-17H,4-11H2,1-3H3,(H3,20,21)(H,22,24)/t13-,16+,17-/m1/s1. The molecule has 3 atom stereocenters. The third-order valence-corrected chi connectivity index (χ3v) is 4.32. The number of nitrogens with two attached hydrogens (primary N) is 1. The molecule has 1 aliphatic rings. The number of hydrogen-bond acceptors (Lipinski definition) is 6. The molecule has 0 aromatic carbocycles. The molecule has 8 nitrogen and oxygen atoms in total. The van der Waals surface area contributed by atoms with Gasteiger partial charge in [-0.05, 0) is 32.1 Å². The average molecular weight is 383 g/mol. The molecule has 0 radical (unpaired) electrons. The van der Waals surface area contributed by atoms with Crippen LogP contribution in [0, 0.1) is 17.2 Å². The maximum Gasteiger partial charge on any atom is 0.338 e. The molecular weight excluding hydrogens is 350 g/mol. The molecule has 0 aromatic heterocycles. The van der Waals surface area contributed by atoms with Gasteiger partial charge in [0.2, 0.25) is 5.91 Å². The van der Waals surface area contributed by atoms with Crippen molar-refractivity contribution in [3.63, 3.8) is 0 Å². The van der Waals surface area contributed by atoms with Gasteiger partial charge in [0.15, 0.2) is 18.0 Å². The Labute approximate surface area is 161 Å². The van der Waals surface area contributed by atoms with E-state index in [1.54, 1.807) is 6.92 Å². The molecule has 0 unspecified atom stereocenters. The lowest BCUT2D eigenvalue weighted by atomic mass is 9.90. The van der Waals surface area contributed by atoms with Crippen molar-refractivity contribution >= 4 is 23.5 Å². The van der Waals surface area contributed by atoms with Crippen LogP contribution in [-0.4, -0.2) is 48.9 Å². The molecule has 8 heteroatoms. The van der Waals surface area contributed by atoms with Gasteiger partial charge in [0.05, 0.1) is 12.4 Å². The first-order chi connectivity index (χ1) is 12.8. The molecule has 1 heterocycles. The van der Waals surface area contributed by atoms with Crippen LogP contribution in [0.2, 0.25) is 0 Å². The highest BCUT2D eigenvalue weighted by Gasteiger charge is 2.51. The number of ketones is 1. The highest BCUT2D eigenvalue weighted by Crippen LogP contribution is 2.28. The van der Waals surface area contributed by atoms with E-state index >= 15 is 0 Å². The van der Waals surface area contributed by atoms with E-state index < -0.39 is 24.1 Å². The normalized spacial score (nSPS) is 19.4. The van der Waals surface area contributed by atoms with Crippen LogP contribution in [-0.2, 0) is 23.9 Å². The lowest BCUT2D eigenvalue weighted by Gasteiger charge is -2.18. The Hall–Kier alpha value is -1.96. The van der Waals surface area contributed by atoms with Crippen LogP contribution in [0.25, 0.3) is 0 Å². The number of amidine groups is 1. The van der Waals surface area contributed by atoms with Gasteiger partial charge in [-0.3, -0.25) is 15.0 Å². The zero-order valence-electron chi connectivity index (χ0n) is 16.6. The second kappa shape index (κ2) is 11.7. The summed E-state index contributed by atoms with van der Waals surface area (Å²) in [4.78, 5) is 36.4. The molecule has 1 aliphatic heterocycles. The molecule has 27 heavy (non-hydrogen) atoms. The predicted molar refractivity (Wildman–Crippen MR) is 101 cm³/mol. The molecule has 1 fully saturated rings. The fraction of sp³-hybridized carbons (Fsp3) is 0.789. The van der Waals surface area contributed by atoms with Gasteiger partial charge in [0.25, 0.3) is 0 Å². The SMILES string of the molecule is CCOC(=O)[C@@H]1O[C@H]1C(=O)C[C@@H](CC(C)C)C(=O)NCCCCCC(=N)N. The highest BCUT2D eigenvalue weighted by molar-refractivity contribution is 5.96. The van der Waals surface area contributed by atoms with E-state index in [9.17, 15) is 14.4 Å². The Morgan fingerprint density at radius 1 is 1.19 bits per heavy atom. The number of Topliss-reactive ketones (excluding diaryl/α,β-unsaturated/α-hetero) is 1. The second-order valence-corrected chi connectivity index (χ2v) is 7.35. The first kappa shape index (κ1) is 23.1. The van der Waals surface area contributed by atoms with Gasteiger partial charge < -0.3 is 20.5 Å². The minimum atomic E-state index is -0.818. The summed E-state index contributed by atoms with van der Waals surface area (Å²) in [5, 5.41) is 10.1. The molecule has 0 saturated carbocycles. The van der Waals surface area contributed by atoms with Crippen molar-refractivity contribution in [1.82, 2.24) is 5.32 Å². The Bertz CT molecular complexity index is 535. The summed E-state index contributed by atoms with van der Waals surface area (Å²) in [6.45, 7) is 6.47. The summed E-state index contributed by atoms with van der Waals surface area (Å²) in [6.07, 6.45) is 2.14. The van der Waals surface area contributed by atoms with Crippen molar-refractivity contribution in [2.75, 3.05) is 13.2 Å². The second-order valence-electron chi connectivity index (χ2n) is 7.35. The van der Waals surface area contributed by atoms with Gasteiger partial charge in [-0.15, -0.1) is 0 Å². The van der Waals surface area contributed by atoms with Gasteiger partial charge in [-0.1, -0.05) is 20.3 Å². The lowest BCUT2D eigenvalue weighted by molar-refractivity contribution is -0.144. The molecule has 1 rings (SSSR count). The summed E-state index contributed by atoms with van der Waals surface area (Å²) in [6, 6.07) is 0. The van der Waals surface area contributed by atoms with Crippen molar-refractivity contribution in [1.29, 1.82) is 5.41 Å².